The molecule has 0 aliphatic carbocycles. The van der Waals surface area contributed by atoms with Crippen LogP contribution in [-0.4, -0.2) is 37.9 Å². The fourth-order valence-corrected chi connectivity index (χ4v) is 5.65. The summed E-state index contributed by atoms with van der Waals surface area (Å²) < 4.78 is 1.18. The molecule has 2 unspecified atom stereocenters. The number of fused-ring (bicyclic) bond motifs is 1. The molecule has 3 nitrogen and oxygen atoms in total. The molecule has 120 valence electrons. The quantitative estimate of drug-likeness (QED) is 0.747. The van der Waals surface area contributed by atoms with E-state index in [2.05, 4.69) is 58.6 Å². The average molecular weight is 395 g/mol. The van der Waals surface area contributed by atoms with E-state index >= 15 is 0 Å². The van der Waals surface area contributed by atoms with Crippen LogP contribution in [0.1, 0.15) is 18.2 Å². The first-order valence-electron chi connectivity index (χ1n) is 7.87. The molecule has 4 rings (SSSR count). The number of hydrogen-bond acceptors (Lipinski definition) is 4. The second kappa shape index (κ2) is 6.62. The van der Waals surface area contributed by atoms with Gasteiger partial charge in [0.1, 0.15) is 0 Å². The molecule has 1 aromatic heterocycles. The van der Waals surface area contributed by atoms with E-state index in [4.69, 9.17) is 4.99 Å². The van der Waals surface area contributed by atoms with E-state index in [0.717, 1.165) is 18.1 Å². The van der Waals surface area contributed by atoms with E-state index in [1.54, 1.807) is 16.9 Å². The molecule has 0 amide bonds. The first kappa shape index (κ1) is 15.7. The van der Waals surface area contributed by atoms with Crippen molar-refractivity contribution in [2.75, 3.05) is 0 Å². The summed E-state index contributed by atoms with van der Waals surface area (Å²) in [6, 6.07) is 16.7. The van der Waals surface area contributed by atoms with E-state index in [1.807, 2.05) is 30.1 Å². The molecular formula is C19H18AsN3S. The molecule has 2 atom stereocenters. The molecule has 2 aliphatic heterocycles. The summed E-state index contributed by atoms with van der Waals surface area (Å²) in [6.45, 7) is 2.88. The van der Waals surface area contributed by atoms with E-state index < -0.39 is 0 Å². The summed E-state index contributed by atoms with van der Waals surface area (Å²) in [4.78, 5) is 11.7. The van der Waals surface area contributed by atoms with Crippen molar-refractivity contribution >= 4 is 40.0 Å². The summed E-state index contributed by atoms with van der Waals surface area (Å²) in [5, 5.41) is 2.58. The van der Waals surface area contributed by atoms with Crippen molar-refractivity contribution in [2.45, 2.75) is 18.8 Å². The monoisotopic (exact) mass is 395 g/mol. The summed E-state index contributed by atoms with van der Waals surface area (Å²) in [5.41, 5.74) is 5.01. The van der Waals surface area contributed by atoms with Gasteiger partial charge in [-0.2, -0.15) is 0 Å². The Bertz CT molecular complexity index is 843. The third kappa shape index (κ3) is 2.85. The van der Waals surface area contributed by atoms with Crippen LogP contribution in [0.15, 0.2) is 75.2 Å². The maximum absolute atomic E-state index is 4.85. The van der Waals surface area contributed by atoms with Gasteiger partial charge in [-0.3, -0.25) is 0 Å². The zero-order chi connectivity index (χ0) is 16.5. The predicted octanol–water partition coefficient (Wildman–Crippen LogP) is 3.27. The third-order valence-corrected chi connectivity index (χ3v) is 6.30. The standard InChI is InChI=1S/C19H18AsN3S/c1-13-22-18(20)17-16(14-7-3-2-4-8-14)12-24-19(17)23(13)11-15-9-5-6-10-21-15/h2-10,12,19H,11,20H2,1H3. The van der Waals surface area contributed by atoms with Gasteiger partial charge >= 0.3 is 155 Å². The molecule has 2 aliphatic rings. The van der Waals surface area contributed by atoms with Crippen molar-refractivity contribution < 1.29 is 0 Å². The number of rotatable bonds is 3. The number of nitrogens with zero attached hydrogens (tertiary/aromatic N) is 3. The van der Waals surface area contributed by atoms with Crippen LogP contribution in [0.3, 0.4) is 0 Å². The number of amidine groups is 1. The molecule has 0 radical (unpaired) electrons. The Balaban J connectivity index is 1.68. The van der Waals surface area contributed by atoms with Gasteiger partial charge in [0.15, 0.2) is 0 Å². The zero-order valence-corrected chi connectivity index (χ0v) is 16.6. The Kier molecular flexibility index (Phi) is 4.34. The van der Waals surface area contributed by atoms with Crippen molar-refractivity contribution in [2.24, 2.45) is 4.99 Å². The molecule has 0 bridgehead atoms. The van der Waals surface area contributed by atoms with Crippen molar-refractivity contribution in [3.05, 3.63) is 81.5 Å². The molecular weight excluding hydrogens is 377 g/mol. The van der Waals surface area contributed by atoms with Crippen LogP contribution in [0.4, 0.5) is 0 Å². The first-order valence-corrected chi connectivity index (χ1v) is 10.0. The summed E-state index contributed by atoms with van der Waals surface area (Å²) in [5.74, 6) is 1.07. The van der Waals surface area contributed by atoms with Gasteiger partial charge in [-0.05, 0) is 0 Å². The van der Waals surface area contributed by atoms with E-state index in [-0.39, 0.29) is 0 Å². The minimum absolute atomic E-state index is 0.293. The molecule has 0 fully saturated rings. The third-order valence-electron chi connectivity index (χ3n) is 4.25. The predicted molar refractivity (Wildman–Crippen MR) is 104 cm³/mol. The Morgan fingerprint density at radius 1 is 1.12 bits per heavy atom. The number of hydrogen-bond donors (Lipinski definition) is 0. The van der Waals surface area contributed by atoms with Gasteiger partial charge in [-0.25, -0.2) is 0 Å². The normalized spacial score (nSPS) is 19.9. The van der Waals surface area contributed by atoms with Crippen molar-refractivity contribution in [3.63, 3.8) is 0 Å². The van der Waals surface area contributed by atoms with Gasteiger partial charge in [0.2, 0.25) is 0 Å². The molecule has 0 saturated carbocycles. The van der Waals surface area contributed by atoms with Gasteiger partial charge in [0, 0.05) is 0 Å². The molecule has 0 N–H and O–H groups in total. The molecule has 3 heterocycles. The van der Waals surface area contributed by atoms with Crippen molar-refractivity contribution in [1.29, 1.82) is 0 Å². The summed E-state index contributed by atoms with van der Waals surface area (Å²) in [7, 11) is 0. The summed E-state index contributed by atoms with van der Waals surface area (Å²) >= 11 is 3.47. The molecule has 1 aromatic carbocycles. The van der Waals surface area contributed by atoms with E-state index in [0.29, 0.717) is 5.37 Å². The van der Waals surface area contributed by atoms with E-state index in [9.17, 15) is 0 Å². The van der Waals surface area contributed by atoms with Gasteiger partial charge < -0.3 is 0 Å². The summed E-state index contributed by atoms with van der Waals surface area (Å²) in [6.07, 6.45) is 1.85. The number of aliphatic imine (C=N–C) groups is 1. The topological polar surface area (TPSA) is 28.5 Å². The number of thioether (sulfide) groups is 1. The van der Waals surface area contributed by atoms with Gasteiger partial charge in [0.25, 0.3) is 0 Å². The van der Waals surface area contributed by atoms with Crippen molar-refractivity contribution in [3.8, 4) is 0 Å². The fourth-order valence-electron chi connectivity index (χ4n) is 3.06. The molecule has 5 heteroatoms. The van der Waals surface area contributed by atoms with Gasteiger partial charge in [-0.1, -0.05) is 0 Å². The SMILES string of the molecule is CC1=NC([AsH2])=C2C(c3ccccc3)=CSC2N1Cc1ccccn1. The van der Waals surface area contributed by atoms with Crippen molar-refractivity contribution in [1.82, 2.24) is 9.88 Å². The zero-order valence-electron chi connectivity index (χ0n) is 13.4. The van der Waals surface area contributed by atoms with Gasteiger partial charge in [0.05, 0.1) is 0 Å². The number of benzene rings is 1. The number of pyridine rings is 1. The second-order valence-corrected chi connectivity index (χ2v) is 7.89. The van der Waals surface area contributed by atoms with Crippen LogP contribution < -0.4 is 0 Å². The van der Waals surface area contributed by atoms with Crippen LogP contribution in [0.5, 0.6) is 0 Å². The fraction of sp³-hybridized carbons (Fsp3) is 0.158. The molecule has 0 saturated heterocycles. The Labute approximate surface area is 155 Å². The second-order valence-electron chi connectivity index (χ2n) is 5.79. The van der Waals surface area contributed by atoms with Crippen LogP contribution in [0.2, 0.25) is 0 Å². The van der Waals surface area contributed by atoms with Crippen LogP contribution >= 0.6 is 11.8 Å². The first-order chi connectivity index (χ1) is 11.7. The average Bonchev–Trinajstić information content (AvgIpc) is 3.06. The van der Waals surface area contributed by atoms with Crippen LogP contribution in [0.25, 0.3) is 5.57 Å². The van der Waals surface area contributed by atoms with Crippen LogP contribution in [0, 0.1) is 0 Å². The molecule has 0 spiro atoms. The molecule has 2 aromatic rings. The molecule has 24 heavy (non-hydrogen) atoms. The Morgan fingerprint density at radius 3 is 2.67 bits per heavy atom. The Morgan fingerprint density at radius 2 is 1.92 bits per heavy atom. The number of aromatic nitrogens is 1. The van der Waals surface area contributed by atoms with Crippen LogP contribution in [-0.2, 0) is 6.54 Å². The van der Waals surface area contributed by atoms with Gasteiger partial charge in [-0.15, -0.1) is 0 Å². The Hall–Kier alpha value is -1.77. The maximum atomic E-state index is 4.85. The minimum atomic E-state index is 0.293. The van der Waals surface area contributed by atoms with E-state index in [1.165, 1.54) is 21.2 Å².